The van der Waals surface area contributed by atoms with E-state index >= 15 is 0 Å². The van der Waals surface area contributed by atoms with E-state index < -0.39 is 0 Å². The van der Waals surface area contributed by atoms with Crippen molar-refractivity contribution in [2.45, 2.75) is 45.3 Å². The van der Waals surface area contributed by atoms with Crippen molar-refractivity contribution in [3.05, 3.63) is 0 Å². The zero-order chi connectivity index (χ0) is 10.6. The minimum Gasteiger partial charge on any atom is -0.379 e. The summed E-state index contributed by atoms with van der Waals surface area (Å²) in [4.78, 5) is 0. The van der Waals surface area contributed by atoms with Crippen molar-refractivity contribution >= 4 is 16.9 Å². The Morgan fingerprint density at radius 2 is 2.07 bits per heavy atom. The minimum absolute atomic E-state index is 0.291. The second-order valence-corrected chi connectivity index (χ2v) is 6.83. The third-order valence-corrected chi connectivity index (χ3v) is 6.23. The molecule has 2 fully saturated rings. The first-order chi connectivity index (χ1) is 6.38. The zero-order valence-electron chi connectivity index (χ0n) is 9.26. The Morgan fingerprint density at radius 3 is 2.43 bits per heavy atom. The molecule has 0 aromatic rings. The fourth-order valence-corrected chi connectivity index (χ4v) is 4.78. The number of fused-ring (bicyclic) bond motifs is 2. The molecule has 0 heterocycles. The van der Waals surface area contributed by atoms with Crippen molar-refractivity contribution in [1.82, 2.24) is 0 Å². The van der Waals surface area contributed by atoms with Crippen molar-refractivity contribution in [2.75, 3.05) is 0 Å². The Labute approximate surface area is 90.5 Å². The van der Waals surface area contributed by atoms with Gasteiger partial charge in [0.25, 0.3) is 0 Å². The predicted octanol–water partition coefficient (Wildman–Crippen LogP) is 2.83. The van der Waals surface area contributed by atoms with Gasteiger partial charge >= 0.3 is 0 Å². The van der Waals surface area contributed by atoms with Crippen LogP contribution in [-0.2, 0) is 0 Å². The van der Waals surface area contributed by atoms with Crippen LogP contribution in [0.4, 0.5) is 0 Å². The molecule has 3 heteroatoms. The summed E-state index contributed by atoms with van der Waals surface area (Å²) in [6.45, 7) is 7.18. The summed E-state index contributed by atoms with van der Waals surface area (Å²) in [7, 11) is 0. The Kier molecular flexibility index (Phi) is 2.15. The molecule has 0 saturated heterocycles. The second kappa shape index (κ2) is 2.91. The summed E-state index contributed by atoms with van der Waals surface area (Å²) in [5, 5.41) is 8.26. The number of nitrogens with two attached hydrogens (primary N) is 1. The highest BCUT2D eigenvalue weighted by Crippen LogP contribution is 2.68. The monoisotopic (exact) mass is 212 g/mol. The lowest BCUT2D eigenvalue weighted by molar-refractivity contribution is 0.157. The molecule has 2 bridgehead atoms. The van der Waals surface area contributed by atoms with Crippen LogP contribution in [0.2, 0.25) is 0 Å². The lowest BCUT2D eigenvalue weighted by atomic mass is 9.71. The number of hydrogen-bond donors (Lipinski definition) is 2. The van der Waals surface area contributed by atoms with Gasteiger partial charge in [-0.25, -0.2) is 0 Å². The SMILES string of the molecule is CC1(C)[C@H]2CC[C@@]1(C)[C@H](SC(=N)N)C2. The molecule has 0 aliphatic heterocycles. The molecule has 2 aliphatic carbocycles. The molecule has 3 atom stereocenters. The third-order valence-electron chi connectivity index (χ3n) is 4.98. The van der Waals surface area contributed by atoms with Gasteiger partial charge in [-0.15, -0.1) is 0 Å². The lowest BCUT2D eigenvalue weighted by Gasteiger charge is -2.38. The van der Waals surface area contributed by atoms with E-state index in [-0.39, 0.29) is 0 Å². The van der Waals surface area contributed by atoms with E-state index in [1.807, 2.05) is 0 Å². The second-order valence-electron chi connectivity index (χ2n) is 5.58. The molecule has 3 N–H and O–H groups in total. The molecule has 2 rings (SSSR count). The first-order valence-corrected chi connectivity index (χ1v) is 6.26. The summed E-state index contributed by atoms with van der Waals surface area (Å²) < 4.78 is 0. The van der Waals surface area contributed by atoms with Crippen LogP contribution >= 0.6 is 11.8 Å². The van der Waals surface area contributed by atoms with Crippen LogP contribution in [0.3, 0.4) is 0 Å². The lowest BCUT2D eigenvalue weighted by Crippen LogP contribution is -2.35. The highest BCUT2D eigenvalue weighted by Gasteiger charge is 2.61. The topological polar surface area (TPSA) is 49.9 Å². The molecular formula is C11H20N2S. The van der Waals surface area contributed by atoms with Crippen molar-refractivity contribution in [1.29, 1.82) is 5.41 Å². The van der Waals surface area contributed by atoms with Crippen molar-refractivity contribution in [2.24, 2.45) is 22.5 Å². The standard InChI is InChI=1S/C11H20N2S/c1-10(2)7-4-5-11(10,3)8(6-7)14-9(12)13/h7-8H,4-6H2,1-3H3,(H3,12,13)/t7-,8+,11-/m0/s1. The van der Waals surface area contributed by atoms with Gasteiger partial charge in [-0.05, 0) is 36.0 Å². The largest absolute Gasteiger partial charge is 0.379 e. The first-order valence-electron chi connectivity index (χ1n) is 5.38. The van der Waals surface area contributed by atoms with E-state index in [1.54, 1.807) is 11.8 Å². The van der Waals surface area contributed by atoms with Gasteiger partial charge in [0, 0.05) is 5.25 Å². The highest BCUT2D eigenvalue weighted by molar-refractivity contribution is 8.14. The fourth-order valence-electron chi connectivity index (χ4n) is 3.46. The molecule has 2 aliphatic rings. The van der Waals surface area contributed by atoms with Crippen LogP contribution in [0.25, 0.3) is 0 Å². The predicted molar refractivity (Wildman–Crippen MR) is 62.5 cm³/mol. The van der Waals surface area contributed by atoms with E-state index in [2.05, 4.69) is 20.8 Å². The molecule has 14 heavy (non-hydrogen) atoms. The van der Waals surface area contributed by atoms with Gasteiger partial charge in [0.05, 0.1) is 0 Å². The molecule has 80 valence electrons. The molecule has 0 aromatic heterocycles. The molecular weight excluding hydrogens is 192 g/mol. The number of hydrogen-bond acceptors (Lipinski definition) is 2. The zero-order valence-corrected chi connectivity index (χ0v) is 10.1. The van der Waals surface area contributed by atoms with Gasteiger partial charge in [-0.1, -0.05) is 32.5 Å². The van der Waals surface area contributed by atoms with Crippen LogP contribution in [0.15, 0.2) is 0 Å². The molecule has 0 amide bonds. The molecule has 0 radical (unpaired) electrons. The van der Waals surface area contributed by atoms with Gasteiger partial charge in [0.2, 0.25) is 0 Å². The maximum absolute atomic E-state index is 7.40. The van der Waals surface area contributed by atoms with Gasteiger partial charge in [-0.2, -0.15) is 0 Å². The van der Waals surface area contributed by atoms with E-state index in [0.717, 1.165) is 5.92 Å². The average molecular weight is 212 g/mol. The summed E-state index contributed by atoms with van der Waals surface area (Å²) in [6.07, 6.45) is 3.95. The van der Waals surface area contributed by atoms with E-state index in [4.69, 9.17) is 11.1 Å². The normalized spacial score (nSPS) is 44.2. The van der Waals surface area contributed by atoms with Gasteiger partial charge < -0.3 is 5.73 Å². The number of nitrogens with one attached hydrogen (secondary N) is 1. The quantitative estimate of drug-likeness (QED) is 0.518. The van der Waals surface area contributed by atoms with Gasteiger partial charge in [-0.3, -0.25) is 5.41 Å². The van der Waals surface area contributed by atoms with Crippen LogP contribution in [0.1, 0.15) is 40.0 Å². The Hall–Kier alpha value is -0.180. The molecule has 2 nitrogen and oxygen atoms in total. The third kappa shape index (κ3) is 1.14. The van der Waals surface area contributed by atoms with Gasteiger partial charge in [0.15, 0.2) is 5.17 Å². The highest BCUT2D eigenvalue weighted by atomic mass is 32.2. The number of rotatable bonds is 1. The summed E-state index contributed by atoms with van der Waals surface area (Å²) in [5.41, 5.74) is 6.34. The Morgan fingerprint density at radius 1 is 1.43 bits per heavy atom. The number of amidine groups is 1. The van der Waals surface area contributed by atoms with Crippen molar-refractivity contribution in [3.63, 3.8) is 0 Å². The summed E-state index contributed by atoms with van der Waals surface area (Å²) >= 11 is 1.59. The number of thioether (sulfide) groups is 1. The van der Waals surface area contributed by atoms with Crippen LogP contribution < -0.4 is 5.73 Å². The van der Waals surface area contributed by atoms with Gasteiger partial charge in [0.1, 0.15) is 0 Å². The van der Waals surface area contributed by atoms with E-state index in [9.17, 15) is 0 Å². The average Bonchev–Trinajstić information content (AvgIpc) is 2.35. The first kappa shape index (κ1) is 10.3. The van der Waals surface area contributed by atoms with Crippen LogP contribution in [0, 0.1) is 22.2 Å². The molecule has 2 saturated carbocycles. The maximum atomic E-state index is 7.40. The van der Waals surface area contributed by atoms with Crippen LogP contribution in [0.5, 0.6) is 0 Å². The van der Waals surface area contributed by atoms with E-state index in [0.29, 0.717) is 21.2 Å². The smallest absolute Gasteiger partial charge is 0.151 e. The maximum Gasteiger partial charge on any atom is 0.151 e. The molecule has 0 unspecified atom stereocenters. The molecule has 0 aromatic carbocycles. The van der Waals surface area contributed by atoms with Crippen molar-refractivity contribution in [3.8, 4) is 0 Å². The minimum atomic E-state index is 0.291. The van der Waals surface area contributed by atoms with Crippen LogP contribution in [-0.4, -0.2) is 10.4 Å². The summed E-state index contributed by atoms with van der Waals surface area (Å²) in [6, 6.07) is 0. The Balaban J connectivity index is 2.23. The molecule has 0 spiro atoms. The van der Waals surface area contributed by atoms with Crippen molar-refractivity contribution < 1.29 is 0 Å². The fraction of sp³-hybridized carbons (Fsp3) is 0.909. The van der Waals surface area contributed by atoms with E-state index in [1.165, 1.54) is 19.3 Å². The summed E-state index contributed by atoms with van der Waals surface area (Å²) in [5.74, 6) is 0.851. The Bertz CT molecular complexity index is 274.